The molecule has 10 nitrogen and oxygen atoms in total. The number of ether oxygens (including phenoxy) is 1. The van der Waals surface area contributed by atoms with Crippen LogP contribution in [0.3, 0.4) is 0 Å². The predicted octanol–water partition coefficient (Wildman–Crippen LogP) is 0.972. The number of sulfonamides is 1. The summed E-state index contributed by atoms with van der Waals surface area (Å²) in [5, 5.41) is 33.8. The molecular formula is C19H33N3O7S. The maximum Gasteiger partial charge on any atom is 0.407 e. The minimum absolute atomic E-state index is 0.00634. The quantitative estimate of drug-likeness (QED) is 0.291. The molecule has 6 N–H and O–H groups in total. The van der Waals surface area contributed by atoms with Crippen LogP contribution >= 0.6 is 0 Å². The molecule has 11 heteroatoms. The van der Waals surface area contributed by atoms with Gasteiger partial charge < -0.3 is 31.1 Å². The summed E-state index contributed by atoms with van der Waals surface area (Å²) < 4.78 is 31.7. The Morgan fingerprint density at radius 1 is 1.13 bits per heavy atom. The van der Waals surface area contributed by atoms with Gasteiger partial charge in [-0.25, -0.2) is 13.2 Å². The molecule has 0 heterocycles. The smallest absolute Gasteiger partial charge is 0.407 e. The average molecular weight is 448 g/mol. The van der Waals surface area contributed by atoms with Crippen LogP contribution in [0.1, 0.15) is 48.0 Å². The highest BCUT2D eigenvalue weighted by Gasteiger charge is 2.51. The van der Waals surface area contributed by atoms with Crippen molar-refractivity contribution in [3.05, 3.63) is 24.3 Å². The number of nitrogens with one attached hydrogen (secondary N) is 1. The molecule has 1 rings (SSSR count). The summed E-state index contributed by atoms with van der Waals surface area (Å²) in [5.41, 5.74) is 3.00. The number of anilines is 1. The summed E-state index contributed by atoms with van der Waals surface area (Å²) in [6, 6.07) is 4.60. The number of nitrogen functional groups attached to an aromatic ring is 1. The standard InChI is InChI=1S/C19H33N3O7S/c1-13(21-16(23)29-17(2,3)4)11-12-22(19(25,26)18(5,6)24)30(27,28)15-9-7-14(20)8-10-15/h7-10,13,24-26H,11-12,20H2,1-6H3,(H,21,23). The number of benzene rings is 1. The molecular weight excluding hydrogens is 414 g/mol. The van der Waals surface area contributed by atoms with Crippen molar-refractivity contribution >= 4 is 21.8 Å². The summed E-state index contributed by atoms with van der Waals surface area (Å²) in [6.07, 6.45) is -0.684. The maximum atomic E-state index is 13.1. The second-order valence-corrected chi connectivity index (χ2v) is 10.5. The number of amides is 1. The van der Waals surface area contributed by atoms with Crippen molar-refractivity contribution in [2.24, 2.45) is 0 Å². The summed E-state index contributed by atoms with van der Waals surface area (Å²) in [4.78, 5) is 11.7. The molecule has 0 bridgehead atoms. The van der Waals surface area contributed by atoms with Crippen molar-refractivity contribution in [1.82, 2.24) is 9.62 Å². The van der Waals surface area contributed by atoms with Crippen LogP contribution in [0.5, 0.6) is 0 Å². The van der Waals surface area contributed by atoms with Crippen LogP contribution in [0.25, 0.3) is 0 Å². The van der Waals surface area contributed by atoms with Gasteiger partial charge in [0.05, 0.1) is 4.90 Å². The lowest BCUT2D eigenvalue weighted by molar-refractivity contribution is -0.317. The van der Waals surface area contributed by atoms with Crippen molar-refractivity contribution in [3.63, 3.8) is 0 Å². The molecule has 1 atom stereocenters. The van der Waals surface area contributed by atoms with Crippen LogP contribution in [-0.4, -0.2) is 63.8 Å². The SMILES string of the molecule is CC(CCN(C(O)(O)C(C)(C)O)S(=O)(=O)c1ccc(N)cc1)NC(=O)OC(C)(C)C. The van der Waals surface area contributed by atoms with Gasteiger partial charge in [-0.05, 0) is 72.2 Å². The van der Waals surface area contributed by atoms with Gasteiger partial charge in [-0.15, -0.1) is 4.31 Å². The van der Waals surface area contributed by atoms with Crippen LogP contribution in [0.15, 0.2) is 29.2 Å². The van der Waals surface area contributed by atoms with E-state index >= 15 is 0 Å². The Bertz CT molecular complexity index is 825. The van der Waals surface area contributed by atoms with Crippen molar-refractivity contribution < 1.29 is 33.3 Å². The molecule has 0 radical (unpaired) electrons. The number of nitrogens with two attached hydrogens (primary N) is 1. The third kappa shape index (κ3) is 6.81. The van der Waals surface area contributed by atoms with Crippen LogP contribution in [0.4, 0.5) is 10.5 Å². The normalized spacial score (nSPS) is 14.5. The Hall–Kier alpha value is -1.92. The molecule has 1 aromatic carbocycles. The topological polar surface area (TPSA) is 162 Å². The van der Waals surface area contributed by atoms with E-state index in [9.17, 15) is 28.5 Å². The third-order valence-corrected chi connectivity index (χ3v) is 6.05. The second-order valence-electron chi connectivity index (χ2n) is 8.68. The first kappa shape index (κ1) is 26.1. The molecule has 0 fully saturated rings. The van der Waals surface area contributed by atoms with Gasteiger partial charge in [0.15, 0.2) is 0 Å². The van der Waals surface area contributed by atoms with E-state index in [0.29, 0.717) is 9.99 Å². The molecule has 0 aromatic heterocycles. The van der Waals surface area contributed by atoms with E-state index in [0.717, 1.165) is 13.8 Å². The number of hydrogen-bond acceptors (Lipinski definition) is 8. The van der Waals surface area contributed by atoms with Crippen molar-refractivity contribution in [2.75, 3.05) is 12.3 Å². The molecule has 1 unspecified atom stereocenters. The lowest BCUT2D eigenvalue weighted by atomic mass is 10.0. The summed E-state index contributed by atoms with van der Waals surface area (Å²) in [6.45, 7) is 8.44. The van der Waals surface area contributed by atoms with Gasteiger partial charge in [-0.3, -0.25) is 0 Å². The molecule has 30 heavy (non-hydrogen) atoms. The van der Waals surface area contributed by atoms with Gasteiger partial charge in [0.2, 0.25) is 10.0 Å². The number of rotatable bonds is 8. The molecule has 0 aliphatic carbocycles. The number of aliphatic hydroxyl groups is 3. The Kier molecular flexibility index (Phi) is 7.89. The average Bonchev–Trinajstić information content (AvgIpc) is 2.51. The van der Waals surface area contributed by atoms with Crippen LogP contribution in [0, 0.1) is 0 Å². The number of carbonyl (C=O) groups is 1. The van der Waals surface area contributed by atoms with Gasteiger partial charge >= 0.3 is 6.09 Å². The third-order valence-electron chi connectivity index (χ3n) is 4.17. The molecule has 1 aromatic rings. The number of nitrogens with zero attached hydrogens (tertiary/aromatic N) is 1. The summed E-state index contributed by atoms with van der Waals surface area (Å²) in [5.74, 6) is -3.13. The molecule has 0 spiro atoms. The second kappa shape index (κ2) is 9.06. The zero-order chi connectivity index (χ0) is 23.5. The highest BCUT2D eigenvalue weighted by Crippen LogP contribution is 2.30. The fraction of sp³-hybridized carbons (Fsp3) is 0.632. The van der Waals surface area contributed by atoms with E-state index < -0.39 is 45.8 Å². The van der Waals surface area contributed by atoms with E-state index in [-0.39, 0.29) is 11.3 Å². The monoisotopic (exact) mass is 447 g/mol. The Labute approximate surface area is 177 Å². The first-order valence-electron chi connectivity index (χ1n) is 9.43. The van der Waals surface area contributed by atoms with E-state index in [1.54, 1.807) is 27.7 Å². The highest BCUT2D eigenvalue weighted by atomic mass is 32.2. The molecule has 0 saturated carbocycles. The minimum atomic E-state index is -4.44. The summed E-state index contributed by atoms with van der Waals surface area (Å²) in [7, 11) is -4.44. The molecule has 0 aliphatic rings. The van der Waals surface area contributed by atoms with Crippen LogP contribution in [-0.2, 0) is 14.8 Å². The van der Waals surface area contributed by atoms with Gasteiger partial charge in [-0.2, -0.15) is 0 Å². The van der Waals surface area contributed by atoms with E-state index in [2.05, 4.69) is 5.32 Å². The van der Waals surface area contributed by atoms with Gasteiger partial charge in [0.1, 0.15) is 11.2 Å². The van der Waals surface area contributed by atoms with Crippen LogP contribution < -0.4 is 11.1 Å². The van der Waals surface area contributed by atoms with Gasteiger partial charge in [0, 0.05) is 18.3 Å². The Morgan fingerprint density at radius 2 is 1.63 bits per heavy atom. The number of alkyl carbamates (subject to hydrolysis) is 1. The lowest BCUT2D eigenvalue weighted by Gasteiger charge is -2.41. The molecule has 1 amide bonds. The van der Waals surface area contributed by atoms with E-state index in [4.69, 9.17) is 10.5 Å². The number of hydrogen-bond donors (Lipinski definition) is 5. The largest absolute Gasteiger partial charge is 0.444 e. The molecule has 172 valence electrons. The Balaban J connectivity index is 3.12. The van der Waals surface area contributed by atoms with E-state index in [1.165, 1.54) is 24.3 Å². The molecule has 0 aliphatic heterocycles. The maximum absolute atomic E-state index is 13.1. The first-order valence-corrected chi connectivity index (χ1v) is 10.9. The predicted molar refractivity (Wildman–Crippen MR) is 112 cm³/mol. The fourth-order valence-electron chi connectivity index (χ4n) is 2.41. The van der Waals surface area contributed by atoms with E-state index in [1.807, 2.05) is 0 Å². The summed E-state index contributed by atoms with van der Waals surface area (Å²) >= 11 is 0. The van der Waals surface area contributed by atoms with Crippen molar-refractivity contribution in [2.45, 2.75) is 76.0 Å². The van der Waals surface area contributed by atoms with Crippen molar-refractivity contribution in [3.8, 4) is 0 Å². The fourth-order valence-corrected chi connectivity index (χ4v) is 4.05. The van der Waals surface area contributed by atoms with Gasteiger partial charge in [-0.1, -0.05) is 0 Å². The molecule has 0 saturated heterocycles. The zero-order valence-corrected chi connectivity index (χ0v) is 19.0. The minimum Gasteiger partial charge on any atom is -0.444 e. The number of carbonyl (C=O) groups excluding carboxylic acids is 1. The van der Waals surface area contributed by atoms with Gasteiger partial charge in [0.25, 0.3) is 5.91 Å². The Morgan fingerprint density at radius 3 is 2.07 bits per heavy atom. The van der Waals surface area contributed by atoms with Crippen LogP contribution in [0.2, 0.25) is 0 Å². The zero-order valence-electron chi connectivity index (χ0n) is 18.2. The first-order chi connectivity index (χ1) is 13.4. The highest BCUT2D eigenvalue weighted by molar-refractivity contribution is 7.89. The lowest BCUT2D eigenvalue weighted by Crippen LogP contribution is -2.64. The van der Waals surface area contributed by atoms with Crippen molar-refractivity contribution in [1.29, 1.82) is 0 Å².